The van der Waals surface area contributed by atoms with Gasteiger partial charge < -0.3 is 4.74 Å². The van der Waals surface area contributed by atoms with Gasteiger partial charge in [-0.05, 0) is 31.8 Å². The Hall–Kier alpha value is -0.570. The van der Waals surface area contributed by atoms with Crippen LogP contribution >= 0.6 is 0 Å². The Kier molecular flexibility index (Phi) is 4.94. The second-order valence-corrected chi connectivity index (χ2v) is 4.37. The van der Waals surface area contributed by atoms with E-state index in [-0.39, 0.29) is 5.97 Å². The molecule has 0 bridgehead atoms. The average molecular weight is 199 g/mol. The predicted molar refractivity (Wildman–Crippen MR) is 56.1 cm³/mol. The average Bonchev–Trinajstić information content (AvgIpc) is 2.55. The van der Waals surface area contributed by atoms with Gasteiger partial charge in [0.15, 0.2) is 0 Å². The van der Waals surface area contributed by atoms with Crippen LogP contribution in [-0.4, -0.2) is 37.1 Å². The first-order valence-corrected chi connectivity index (χ1v) is 5.56. The first kappa shape index (κ1) is 11.5. The van der Waals surface area contributed by atoms with Crippen molar-refractivity contribution in [2.45, 2.75) is 33.1 Å². The predicted octanol–water partition coefficient (Wildman–Crippen LogP) is 1.67. The topological polar surface area (TPSA) is 29.5 Å². The molecule has 1 aliphatic heterocycles. The van der Waals surface area contributed by atoms with Crippen LogP contribution in [-0.2, 0) is 9.53 Å². The van der Waals surface area contributed by atoms with Gasteiger partial charge in [-0.1, -0.05) is 13.8 Å². The van der Waals surface area contributed by atoms with E-state index >= 15 is 0 Å². The zero-order valence-electron chi connectivity index (χ0n) is 9.29. The Morgan fingerprint density at radius 3 is 2.57 bits per heavy atom. The van der Waals surface area contributed by atoms with E-state index in [1.54, 1.807) is 0 Å². The van der Waals surface area contributed by atoms with Gasteiger partial charge in [-0.3, -0.25) is 9.69 Å². The normalized spacial score (nSPS) is 17.6. The fourth-order valence-electron chi connectivity index (χ4n) is 1.69. The highest BCUT2D eigenvalue weighted by atomic mass is 16.5. The molecule has 0 aromatic rings. The number of ether oxygens (including phenoxy) is 1. The van der Waals surface area contributed by atoms with Crippen LogP contribution in [0.25, 0.3) is 0 Å². The van der Waals surface area contributed by atoms with Gasteiger partial charge in [-0.15, -0.1) is 0 Å². The maximum atomic E-state index is 11.2. The molecule has 0 atom stereocenters. The summed E-state index contributed by atoms with van der Waals surface area (Å²) < 4.78 is 5.13. The quantitative estimate of drug-likeness (QED) is 0.631. The Labute approximate surface area is 86.4 Å². The van der Waals surface area contributed by atoms with E-state index in [0.717, 1.165) is 6.54 Å². The third-order valence-electron chi connectivity index (χ3n) is 2.44. The standard InChI is InChI=1S/C11H21NO2/c1-10(2)9-11(13)14-8-7-12-5-3-4-6-12/h10H,3-9H2,1-2H3. The molecular weight excluding hydrogens is 178 g/mol. The highest BCUT2D eigenvalue weighted by Crippen LogP contribution is 2.06. The van der Waals surface area contributed by atoms with Gasteiger partial charge in [0.2, 0.25) is 0 Å². The Balaban J connectivity index is 1.99. The van der Waals surface area contributed by atoms with Crippen LogP contribution in [0, 0.1) is 5.92 Å². The summed E-state index contributed by atoms with van der Waals surface area (Å²) in [6.07, 6.45) is 3.12. The third kappa shape index (κ3) is 4.61. The van der Waals surface area contributed by atoms with Crippen LogP contribution in [0.3, 0.4) is 0 Å². The number of rotatable bonds is 5. The number of esters is 1. The Bertz CT molecular complexity index is 174. The van der Waals surface area contributed by atoms with Crippen molar-refractivity contribution >= 4 is 5.97 Å². The van der Waals surface area contributed by atoms with Gasteiger partial charge in [0.05, 0.1) is 0 Å². The van der Waals surface area contributed by atoms with Crippen molar-refractivity contribution in [3.63, 3.8) is 0 Å². The van der Waals surface area contributed by atoms with Crippen LogP contribution in [0.2, 0.25) is 0 Å². The van der Waals surface area contributed by atoms with Crippen molar-refractivity contribution in [3.05, 3.63) is 0 Å². The molecule has 0 spiro atoms. The lowest BCUT2D eigenvalue weighted by atomic mass is 10.1. The molecule has 0 radical (unpaired) electrons. The SMILES string of the molecule is CC(C)CC(=O)OCCN1CCCC1. The summed E-state index contributed by atoms with van der Waals surface area (Å²) >= 11 is 0. The number of likely N-dealkylation sites (tertiary alicyclic amines) is 1. The molecule has 1 saturated heterocycles. The number of hydrogen-bond donors (Lipinski definition) is 0. The highest BCUT2D eigenvalue weighted by Gasteiger charge is 2.12. The van der Waals surface area contributed by atoms with E-state index in [0.29, 0.717) is 18.9 Å². The fraction of sp³-hybridized carbons (Fsp3) is 0.909. The van der Waals surface area contributed by atoms with Crippen LogP contribution < -0.4 is 0 Å². The highest BCUT2D eigenvalue weighted by molar-refractivity contribution is 5.69. The molecule has 3 nitrogen and oxygen atoms in total. The lowest BCUT2D eigenvalue weighted by Crippen LogP contribution is -2.25. The van der Waals surface area contributed by atoms with E-state index in [2.05, 4.69) is 4.90 Å². The van der Waals surface area contributed by atoms with Crippen LogP contribution in [0.1, 0.15) is 33.1 Å². The third-order valence-corrected chi connectivity index (χ3v) is 2.44. The van der Waals surface area contributed by atoms with Gasteiger partial charge in [0.25, 0.3) is 0 Å². The monoisotopic (exact) mass is 199 g/mol. The molecule has 0 aromatic heterocycles. The molecule has 0 N–H and O–H groups in total. The molecule has 82 valence electrons. The summed E-state index contributed by atoms with van der Waals surface area (Å²) in [5.41, 5.74) is 0. The summed E-state index contributed by atoms with van der Waals surface area (Å²) in [4.78, 5) is 13.5. The van der Waals surface area contributed by atoms with Crippen molar-refractivity contribution < 1.29 is 9.53 Å². The molecule has 1 aliphatic rings. The van der Waals surface area contributed by atoms with Crippen LogP contribution in [0.5, 0.6) is 0 Å². The molecule has 0 saturated carbocycles. The van der Waals surface area contributed by atoms with Crippen LogP contribution in [0.15, 0.2) is 0 Å². The molecule has 0 aliphatic carbocycles. The van der Waals surface area contributed by atoms with E-state index < -0.39 is 0 Å². The molecule has 1 fully saturated rings. The Morgan fingerprint density at radius 2 is 2.00 bits per heavy atom. The first-order valence-electron chi connectivity index (χ1n) is 5.56. The van der Waals surface area contributed by atoms with Crippen molar-refractivity contribution in [1.29, 1.82) is 0 Å². The lowest BCUT2D eigenvalue weighted by molar-refractivity contribution is -0.144. The van der Waals surface area contributed by atoms with Gasteiger partial charge >= 0.3 is 5.97 Å². The number of carbonyl (C=O) groups is 1. The van der Waals surface area contributed by atoms with Gasteiger partial charge in [-0.2, -0.15) is 0 Å². The van der Waals surface area contributed by atoms with Gasteiger partial charge in [0, 0.05) is 13.0 Å². The zero-order chi connectivity index (χ0) is 10.4. The molecule has 14 heavy (non-hydrogen) atoms. The summed E-state index contributed by atoms with van der Waals surface area (Å²) in [6.45, 7) is 7.86. The maximum Gasteiger partial charge on any atom is 0.306 e. The summed E-state index contributed by atoms with van der Waals surface area (Å²) in [5.74, 6) is 0.341. The fourth-order valence-corrected chi connectivity index (χ4v) is 1.69. The largest absolute Gasteiger partial charge is 0.464 e. The second kappa shape index (κ2) is 6.02. The van der Waals surface area contributed by atoms with E-state index in [1.165, 1.54) is 25.9 Å². The van der Waals surface area contributed by atoms with Crippen LogP contribution in [0.4, 0.5) is 0 Å². The molecule has 3 heteroatoms. The molecule has 1 rings (SSSR count). The van der Waals surface area contributed by atoms with E-state index in [1.807, 2.05) is 13.8 Å². The minimum Gasteiger partial charge on any atom is -0.464 e. The van der Waals surface area contributed by atoms with Crippen molar-refractivity contribution in [2.75, 3.05) is 26.2 Å². The first-order chi connectivity index (χ1) is 6.68. The second-order valence-electron chi connectivity index (χ2n) is 4.37. The van der Waals surface area contributed by atoms with Gasteiger partial charge in [0.1, 0.15) is 6.61 Å². The summed E-state index contributed by atoms with van der Waals surface area (Å²) in [7, 11) is 0. The number of hydrogen-bond acceptors (Lipinski definition) is 3. The number of carbonyl (C=O) groups excluding carboxylic acids is 1. The maximum absolute atomic E-state index is 11.2. The molecule has 0 amide bonds. The number of nitrogens with zero attached hydrogens (tertiary/aromatic N) is 1. The smallest absolute Gasteiger partial charge is 0.306 e. The molecule has 0 aromatic carbocycles. The summed E-state index contributed by atoms with van der Waals surface area (Å²) in [5, 5.41) is 0. The lowest BCUT2D eigenvalue weighted by Gasteiger charge is -2.14. The minimum atomic E-state index is -0.0563. The van der Waals surface area contributed by atoms with Crippen molar-refractivity contribution in [3.8, 4) is 0 Å². The molecule has 1 heterocycles. The molecular formula is C11H21NO2. The van der Waals surface area contributed by atoms with Crippen molar-refractivity contribution in [1.82, 2.24) is 4.90 Å². The Morgan fingerprint density at radius 1 is 1.36 bits per heavy atom. The van der Waals surface area contributed by atoms with E-state index in [9.17, 15) is 4.79 Å². The minimum absolute atomic E-state index is 0.0563. The molecule has 0 unspecified atom stereocenters. The summed E-state index contributed by atoms with van der Waals surface area (Å²) in [6, 6.07) is 0. The van der Waals surface area contributed by atoms with Gasteiger partial charge in [-0.25, -0.2) is 0 Å². The zero-order valence-corrected chi connectivity index (χ0v) is 9.29. The van der Waals surface area contributed by atoms with Crippen molar-refractivity contribution in [2.24, 2.45) is 5.92 Å². The van der Waals surface area contributed by atoms with E-state index in [4.69, 9.17) is 4.74 Å².